The first-order chi connectivity index (χ1) is 10.2. The average molecular weight is 306 g/mol. The van der Waals surface area contributed by atoms with E-state index in [0.717, 1.165) is 16.7 Å². The number of aryl methyl sites for hydroxylation is 1. The molecule has 1 heterocycles. The molecule has 0 aliphatic heterocycles. The van der Waals surface area contributed by atoms with Crippen molar-refractivity contribution in [1.29, 1.82) is 0 Å². The molecule has 5 nitrogen and oxygen atoms in total. The van der Waals surface area contributed by atoms with E-state index in [1.807, 2.05) is 25.6 Å². The molecule has 0 bridgehead atoms. The standard InChI is InChI=1S/C15H22N4OS/c1-5-20-14-7-6-12(11(2)16-3)8-13(14)9-21-15-18-17-10-19(15)4/h6-8,10-11,16H,5,9H2,1-4H3. The molecule has 114 valence electrons. The Kier molecular flexibility index (Phi) is 5.64. The minimum atomic E-state index is 0.319. The van der Waals surface area contributed by atoms with Crippen LogP contribution in [-0.2, 0) is 12.8 Å². The summed E-state index contributed by atoms with van der Waals surface area (Å²) in [7, 11) is 3.92. The van der Waals surface area contributed by atoms with Crippen molar-refractivity contribution in [2.24, 2.45) is 7.05 Å². The monoisotopic (exact) mass is 306 g/mol. The van der Waals surface area contributed by atoms with Crippen molar-refractivity contribution in [3.63, 3.8) is 0 Å². The second kappa shape index (κ2) is 7.47. The van der Waals surface area contributed by atoms with Crippen LogP contribution in [0.4, 0.5) is 0 Å². The highest BCUT2D eigenvalue weighted by atomic mass is 32.2. The lowest BCUT2D eigenvalue weighted by Crippen LogP contribution is -2.12. The van der Waals surface area contributed by atoms with Crippen molar-refractivity contribution in [3.05, 3.63) is 35.7 Å². The summed E-state index contributed by atoms with van der Waals surface area (Å²) in [5, 5.41) is 12.2. The Bertz CT molecular complexity index is 585. The van der Waals surface area contributed by atoms with Gasteiger partial charge in [0, 0.05) is 24.4 Å². The fourth-order valence-corrected chi connectivity index (χ4v) is 2.86. The Hall–Kier alpha value is -1.53. The van der Waals surface area contributed by atoms with E-state index in [-0.39, 0.29) is 0 Å². The zero-order valence-corrected chi connectivity index (χ0v) is 13.8. The van der Waals surface area contributed by atoms with Crippen molar-refractivity contribution < 1.29 is 4.74 Å². The summed E-state index contributed by atoms with van der Waals surface area (Å²) in [4.78, 5) is 0. The Balaban J connectivity index is 2.19. The molecular formula is C15H22N4OS. The maximum absolute atomic E-state index is 5.73. The van der Waals surface area contributed by atoms with Gasteiger partial charge in [0.1, 0.15) is 12.1 Å². The SMILES string of the molecule is CCOc1ccc(C(C)NC)cc1CSc1nncn1C. The fraction of sp³-hybridized carbons (Fsp3) is 0.467. The molecule has 2 aromatic rings. The minimum Gasteiger partial charge on any atom is -0.494 e. The molecule has 0 radical (unpaired) electrons. The second-order valence-corrected chi connectivity index (χ2v) is 5.77. The zero-order chi connectivity index (χ0) is 15.2. The van der Waals surface area contributed by atoms with Crippen LogP contribution >= 0.6 is 11.8 Å². The molecule has 6 heteroatoms. The molecule has 0 spiro atoms. The van der Waals surface area contributed by atoms with E-state index in [2.05, 4.69) is 40.6 Å². The molecule has 0 aliphatic rings. The Labute approximate surface area is 130 Å². The van der Waals surface area contributed by atoms with Crippen molar-refractivity contribution in [3.8, 4) is 5.75 Å². The van der Waals surface area contributed by atoms with Crippen molar-refractivity contribution >= 4 is 11.8 Å². The van der Waals surface area contributed by atoms with Crippen LogP contribution in [0.3, 0.4) is 0 Å². The maximum atomic E-state index is 5.73. The number of nitrogens with one attached hydrogen (secondary N) is 1. The van der Waals surface area contributed by atoms with Gasteiger partial charge in [0.05, 0.1) is 6.61 Å². The van der Waals surface area contributed by atoms with Crippen LogP contribution in [-0.4, -0.2) is 28.4 Å². The predicted molar refractivity (Wildman–Crippen MR) is 85.6 cm³/mol. The minimum absolute atomic E-state index is 0.319. The van der Waals surface area contributed by atoms with Gasteiger partial charge in [-0.15, -0.1) is 10.2 Å². The highest BCUT2D eigenvalue weighted by molar-refractivity contribution is 7.98. The highest BCUT2D eigenvalue weighted by Gasteiger charge is 2.11. The molecule has 1 aromatic carbocycles. The quantitative estimate of drug-likeness (QED) is 0.797. The lowest BCUT2D eigenvalue weighted by Gasteiger charge is -2.15. The third-order valence-corrected chi connectivity index (χ3v) is 4.43. The number of nitrogens with zero attached hydrogens (tertiary/aromatic N) is 3. The largest absolute Gasteiger partial charge is 0.494 e. The van der Waals surface area contributed by atoms with E-state index >= 15 is 0 Å². The van der Waals surface area contributed by atoms with E-state index in [0.29, 0.717) is 12.6 Å². The molecule has 1 atom stereocenters. The summed E-state index contributed by atoms with van der Waals surface area (Å²) in [6.07, 6.45) is 1.71. The molecule has 21 heavy (non-hydrogen) atoms. The molecule has 1 aromatic heterocycles. The third kappa shape index (κ3) is 3.98. The number of hydrogen-bond acceptors (Lipinski definition) is 5. The van der Waals surface area contributed by atoms with Crippen molar-refractivity contribution in [2.45, 2.75) is 30.8 Å². The van der Waals surface area contributed by atoms with E-state index in [9.17, 15) is 0 Å². The topological polar surface area (TPSA) is 52.0 Å². The normalized spacial score (nSPS) is 12.4. The molecular weight excluding hydrogens is 284 g/mol. The molecule has 0 amide bonds. The van der Waals surface area contributed by atoms with Crippen molar-refractivity contribution in [1.82, 2.24) is 20.1 Å². The van der Waals surface area contributed by atoms with E-state index in [1.165, 1.54) is 11.1 Å². The molecule has 0 saturated carbocycles. The molecule has 0 aliphatic carbocycles. The van der Waals surface area contributed by atoms with Gasteiger partial charge in [0.2, 0.25) is 0 Å². The van der Waals surface area contributed by atoms with E-state index in [1.54, 1.807) is 18.1 Å². The number of aromatic nitrogens is 3. The summed E-state index contributed by atoms with van der Waals surface area (Å²) in [6.45, 7) is 4.82. The first-order valence-corrected chi connectivity index (χ1v) is 8.04. The van der Waals surface area contributed by atoms with Gasteiger partial charge < -0.3 is 14.6 Å². The van der Waals surface area contributed by atoms with Gasteiger partial charge in [-0.1, -0.05) is 17.8 Å². The maximum Gasteiger partial charge on any atom is 0.191 e. The lowest BCUT2D eigenvalue weighted by molar-refractivity contribution is 0.337. The van der Waals surface area contributed by atoms with Crippen LogP contribution in [0.1, 0.15) is 31.0 Å². The van der Waals surface area contributed by atoms with Crippen LogP contribution in [0, 0.1) is 0 Å². The van der Waals surface area contributed by atoms with Crippen LogP contribution in [0.2, 0.25) is 0 Å². The van der Waals surface area contributed by atoms with E-state index < -0.39 is 0 Å². The second-order valence-electron chi connectivity index (χ2n) is 4.82. The van der Waals surface area contributed by atoms with Gasteiger partial charge in [-0.3, -0.25) is 0 Å². The molecule has 0 fully saturated rings. The number of rotatable bonds is 7. The molecule has 0 saturated heterocycles. The van der Waals surface area contributed by atoms with Crippen LogP contribution < -0.4 is 10.1 Å². The summed E-state index contributed by atoms with van der Waals surface area (Å²) in [5.41, 5.74) is 2.44. The Morgan fingerprint density at radius 1 is 1.43 bits per heavy atom. The Morgan fingerprint density at radius 3 is 2.86 bits per heavy atom. The van der Waals surface area contributed by atoms with Crippen LogP contribution in [0.25, 0.3) is 0 Å². The van der Waals surface area contributed by atoms with Gasteiger partial charge in [0.25, 0.3) is 0 Å². The van der Waals surface area contributed by atoms with Gasteiger partial charge >= 0.3 is 0 Å². The van der Waals surface area contributed by atoms with Crippen molar-refractivity contribution in [2.75, 3.05) is 13.7 Å². The van der Waals surface area contributed by atoms with E-state index in [4.69, 9.17) is 4.74 Å². The zero-order valence-electron chi connectivity index (χ0n) is 13.0. The third-order valence-electron chi connectivity index (χ3n) is 3.34. The number of ether oxygens (including phenoxy) is 1. The van der Waals surface area contributed by atoms with Crippen LogP contribution in [0.5, 0.6) is 5.75 Å². The molecule has 1 unspecified atom stereocenters. The molecule has 1 N–H and O–H groups in total. The van der Waals surface area contributed by atoms with Gasteiger partial charge in [-0.2, -0.15) is 0 Å². The molecule has 2 rings (SSSR count). The fourth-order valence-electron chi connectivity index (χ4n) is 1.99. The summed E-state index contributed by atoms with van der Waals surface area (Å²) in [6, 6.07) is 6.69. The number of thioether (sulfide) groups is 1. The lowest BCUT2D eigenvalue weighted by atomic mass is 10.1. The van der Waals surface area contributed by atoms with Gasteiger partial charge in [-0.05, 0) is 38.6 Å². The predicted octanol–water partition coefficient (Wildman–Crippen LogP) is 2.79. The Morgan fingerprint density at radius 2 is 2.24 bits per heavy atom. The number of hydrogen-bond donors (Lipinski definition) is 1. The summed E-state index contributed by atoms with van der Waals surface area (Å²) >= 11 is 1.66. The van der Waals surface area contributed by atoms with Gasteiger partial charge in [-0.25, -0.2) is 0 Å². The van der Waals surface area contributed by atoms with Gasteiger partial charge in [0.15, 0.2) is 5.16 Å². The summed E-state index contributed by atoms with van der Waals surface area (Å²) in [5.74, 6) is 1.76. The smallest absolute Gasteiger partial charge is 0.191 e. The summed E-state index contributed by atoms with van der Waals surface area (Å²) < 4.78 is 7.65. The number of benzene rings is 1. The first kappa shape index (κ1) is 15.9. The van der Waals surface area contributed by atoms with Crippen LogP contribution in [0.15, 0.2) is 29.7 Å². The first-order valence-electron chi connectivity index (χ1n) is 7.05. The highest BCUT2D eigenvalue weighted by Crippen LogP contribution is 2.29. The average Bonchev–Trinajstić information content (AvgIpc) is 2.91.